The summed E-state index contributed by atoms with van der Waals surface area (Å²) in [4.78, 5) is 12.3. The number of nitriles is 1. The van der Waals surface area contributed by atoms with Crippen LogP contribution >= 0.6 is 11.8 Å². The number of unbranched alkanes of at least 4 members (excludes halogenated alkanes) is 1. The van der Waals surface area contributed by atoms with Gasteiger partial charge in [-0.1, -0.05) is 32.6 Å². The van der Waals surface area contributed by atoms with Gasteiger partial charge >= 0.3 is 5.51 Å². The second-order valence-corrected chi connectivity index (χ2v) is 7.13. The van der Waals surface area contributed by atoms with E-state index in [2.05, 4.69) is 0 Å². The Bertz CT molecular complexity index is 459. The number of hydrogen-bond donors (Lipinski definition) is 0. The highest BCUT2D eigenvalue weighted by molar-refractivity contribution is 8.03. The van der Waals surface area contributed by atoms with E-state index in [1.807, 2.05) is 13.0 Å². The Morgan fingerprint density at radius 2 is 1.83 bits per heavy atom. The molecule has 23 heavy (non-hydrogen) atoms. The topological polar surface area (TPSA) is 40.9 Å². The number of allylic oxidation sites excluding steroid dienone is 2. The Kier molecular flexibility index (Phi) is 8.75. The summed E-state index contributed by atoms with van der Waals surface area (Å²) in [5, 5.41) is 9.22. The first-order valence-electron chi connectivity index (χ1n) is 8.28. The molecule has 0 saturated heterocycles. The second-order valence-electron chi connectivity index (χ2n) is 5.97. The Labute approximate surface area is 140 Å². The lowest BCUT2D eigenvalue weighted by atomic mass is 9.84. The number of alkyl halides is 3. The van der Waals surface area contributed by atoms with Crippen LogP contribution in [0.25, 0.3) is 0 Å². The summed E-state index contributed by atoms with van der Waals surface area (Å²) in [7, 11) is 0. The van der Waals surface area contributed by atoms with Gasteiger partial charge in [0.15, 0.2) is 0 Å². The number of rotatable bonds is 8. The predicted molar refractivity (Wildman–Crippen MR) is 86.6 cm³/mol. The number of carbonyl (C=O) groups excluding carboxylic acids is 1. The van der Waals surface area contributed by atoms with Crippen LogP contribution in [0.3, 0.4) is 0 Å². The Morgan fingerprint density at radius 1 is 1.17 bits per heavy atom. The van der Waals surface area contributed by atoms with Crippen LogP contribution in [0.1, 0.15) is 71.1 Å². The van der Waals surface area contributed by atoms with Gasteiger partial charge in [-0.15, -0.1) is 0 Å². The molecule has 2 nitrogen and oxygen atoms in total. The zero-order valence-electron chi connectivity index (χ0n) is 13.5. The largest absolute Gasteiger partial charge is 0.446 e. The van der Waals surface area contributed by atoms with Crippen molar-refractivity contribution in [2.24, 2.45) is 5.92 Å². The zero-order valence-corrected chi connectivity index (χ0v) is 14.4. The molecule has 1 saturated carbocycles. The van der Waals surface area contributed by atoms with Crippen LogP contribution in [0.2, 0.25) is 0 Å². The SMILES string of the molecule is CCCC/C(SC(F)(F)F)=C(\C#N)CCC(=O)C1CCCCC1. The van der Waals surface area contributed by atoms with Crippen molar-refractivity contribution in [2.45, 2.75) is 76.6 Å². The molecule has 6 heteroatoms. The number of halogens is 3. The molecule has 1 aliphatic rings. The Balaban J connectivity index is 2.71. The van der Waals surface area contributed by atoms with E-state index in [1.165, 1.54) is 0 Å². The minimum absolute atomic E-state index is 0.0399. The maximum Gasteiger partial charge on any atom is 0.446 e. The fourth-order valence-corrected chi connectivity index (χ4v) is 3.67. The normalized spacial score (nSPS) is 17.5. The highest BCUT2D eigenvalue weighted by atomic mass is 32.2. The quantitative estimate of drug-likeness (QED) is 0.495. The fourth-order valence-electron chi connectivity index (χ4n) is 2.88. The minimum atomic E-state index is -4.39. The molecule has 0 unspecified atom stereocenters. The number of ketones is 1. The van der Waals surface area contributed by atoms with E-state index in [0.717, 1.165) is 38.5 Å². The van der Waals surface area contributed by atoms with Crippen molar-refractivity contribution in [3.05, 3.63) is 10.5 Å². The second kappa shape index (κ2) is 10.0. The molecule has 0 aromatic heterocycles. The summed E-state index contributed by atoms with van der Waals surface area (Å²) < 4.78 is 38.0. The lowest BCUT2D eigenvalue weighted by Gasteiger charge is -2.20. The first kappa shape index (κ1) is 20.1. The average molecular weight is 347 g/mol. The highest BCUT2D eigenvalue weighted by Crippen LogP contribution is 2.40. The van der Waals surface area contributed by atoms with Gasteiger partial charge in [0.1, 0.15) is 5.78 Å². The summed E-state index contributed by atoms with van der Waals surface area (Å²) in [6.07, 6.45) is 6.94. The summed E-state index contributed by atoms with van der Waals surface area (Å²) in [5.74, 6) is 0.141. The van der Waals surface area contributed by atoms with Gasteiger partial charge in [-0.05, 0) is 43.9 Å². The minimum Gasteiger partial charge on any atom is -0.299 e. The molecule has 0 radical (unpaired) electrons. The molecule has 0 N–H and O–H groups in total. The first-order valence-corrected chi connectivity index (χ1v) is 9.09. The van der Waals surface area contributed by atoms with E-state index < -0.39 is 5.51 Å². The molecule has 0 aliphatic heterocycles. The van der Waals surface area contributed by atoms with Gasteiger partial charge in [-0.2, -0.15) is 18.4 Å². The van der Waals surface area contributed by atoms with Crippen molar-refractivity contribution in [1.82, 2.24) is 0 Å². The molecule has 1 fully saturated rings. The molecule has 0 atom stereocenters. The first-order chi connectivity index (χ1) is 10.9. The van der Waals surface area contributed by atoms with E-state index >= 15 is 0 Å². The smallest absolute Gasteiger partial charge is 0.299 e. The van der Waals surface area contributed by atoms with E-state index in [1.54, 1.807) is 0 Å². The van der Waals surface area contributed by atoms with Gasteiger partial charge in [-0.25, -0.2) is 0 Å². The third kappa shape index (κ3) is 7.92. The molecule has 0 heterocycles. The van der Waals surface area contributed by atoms with Crippen molar-refractivity contribution in [1.29, 1.82) is 5.26 Å². The van der Waals surface area contributed by atoms with E-state index in [4.69, 9.17) is 0 Å². The molecule has 0 spiro atoms. The van der Waals surface area contributed by atoms with Gasteiger partial charge in [0.25, 0.3) is 0 Å². The molecule has 0 aromatic rings. The lowest BCUT2D eigenvalue weighted by molar-refractivity contribution is -0.123. The van der Waals surface area contributed by atoms with Crippen molar-refractivity contribution in [2.75, 3.05) is 0 Å². The number of carbonyl (C=O) groups is 1. The molecule has 0 amide bonds. The monoisotopic (exact) mass is 347 g/mol. The van der Waals surface area contributed by atoms with Gasteiger partial charge in [-0.3, -0.25) is 4.79 Å². The summed E-state index contributed by atoms with van der Waals surface area (Å²) in [5.41, 5.74) is -4.26. The molecular formula is C17H24F3NOS. The zero-order chi connectivity index (χ0) is 17.3. The fraction of sp³-hybridized carbons (Fsp3) is 0.765. The Morgan fingerprint density at radius 3 is 2.35 bits per heavy atom. The van der Waals surface area contributed by atoms with Crippen LogP contribution in [0.15, 0.2) is 10.5 Å². The summed E-state index contributed by atoms with van der Waals surface area (Å²) in [6, 6.07) is 1.90. The maximum atomic E-state index is 12.7. The Hall–Kier alpha value is -0.960. The van der Waals surface area contributed by atoms with Crippen LogP contribution < -0.4 is 0 Å². The lowest BCUT2D eigenvalue weighted by Crippen LogP contribution is -2.17. The summed E-state index contributed by atoms with van der Waals surface area (Å²) in [6.45, 7) is 1.90. The molecule has 0 bridgehead atoms. The molecule has 0 aromatic carbocycles. The van der Waals surface area contributed by atoms with Crippen molar-refractivity contribution >= 4 is 17.5 Å². The van der Waals surface area contributed by atoms with Gasteiger partial charge in [0, 0.05) is 22.8 Å². The van der Waals surface area contributed by atoms with E-state index in [0.29, 0.717) is 6.42 Å². The van der Waals surface area contributed by atoms with Crippen LogP contribution in [0, 0.1) is 17.2 Å². The van der Waals surface area contributed by atoms with Crippen LogP contribution in [0.4, 0.5) is 13.2 Å². The average Bonchev–Trinajstić information content (AvgIpc) is 2.52. The summed E-state index contributed by atoms with van der Waals surface area (Å²) >= 11 is -0.192. The number of hydrogen-bond acceptors (Lipinski definition) is 3. The predicted octanol–water partition coefficient (Wildman–Crippen LogP) is 6.14. The highest BCUT2D eigenvalue weighted by Gasteiger charge is 2.31. The van der Waals surface area contributed by atoms with Crippen molar-refractivity contribution in [3.8, 4) is 6.07 Å². The van der Waals surface area contributed by atoms with Crippen molar-refractivity contribution < 1.29 is 18.0 Å². The van der Waals surface area contributed by atoms with Crippen molar-refractivity contribution in [3.63, 3.8) is 0 Å². The van der Waals surface area contributed by atoms with Gasteiger partial charge in [0.05, 0.1) is 6.07 Å². The van der Waals surface area contributed by atoms with Crippen LogP contribution in [0.5, 0.6) is 0 Å². The maximum absolute atomic E-state index is 12.7. The third-order valence-corrected chi connectivity index (χ3v) is 5.08. The standard InChI is InChI=1S/C17H24F3NOS/c1-2-3-9-16(23-17(18,19)20)14(12-21)10-11-15(22)13-7-5-4-6-8-13/h13H,2-11H2,1H3/b16-14+. The number of Topliss-reactive ketones (excluding diaryl/α,β-unsaturated/α-hetero) is 1. The van der Waals surface area contributed by atoms with Gasteiger partial charge < -0.3 is 0 Å². The molecule has 1 rings (SSSR count). The van der Waals surface area contributed by atoms with E-state index in [-0.39, 0.29) is 53.2 Å². The number of nitrogens with zero attached hydrogens (tertiary/aromatic N) is 1. The third-order valence-electron chi connectivity index (χ3n) is 4.15. The molecule has 130 valence electrons. The molecule has 1 aliphatic carbocycles. The van der Waals surface area contributed by atoms with Crippen LogP contribution in [-0.2, 0) is 4.79 Å². The number of thioether (sulfide) groups is 1. The van der Waals surface area contributed by atoms with E-state index in [9.17, 15) is 23.2 Å². The molecular weight excluding hydrogens is 323 g/mol. The van der Waals surface area contributed by atoms with Crippen LogP contribution in [-0.4, -0.2) is 11.3 Å². The van der Waals surface area contributed by atoms with Gasteiger partial charge in [0.2, 0.25) is 0 Å².